The summed E-state index contributed by atoms with van der Waals surface area (Å²) in [7, 11) is -3.87. The Labute approximate surface area is 76.9 Å². The summed E-state index contributed by atoms with van der Waals surface area (Å²) in [5, 5.41) is 7.50. The number of hydrogen-bond donors (Lipinski definition) is 3. The molecule has 10 heteroatoms. The molecular formula is C3H12N2O6P2+2. The molecule has 0 saturated heterocycles. The summed E-state index contributed by atoms with van der Waals surface area (Å²) < 4.78 is 31.2. The lowest BCUT2D eigenvalue weighted by atomic mass is 11.4. The van der Waals surface area contributed by atoms with Crippen molar-refractivity contribution < 1.29 is 28.1 Å². The van der Waals surface area contributed by atoms with Gasteiger partial charge in [-0.15, -0.1) is 9.05 Å². The summed E-state index contributed by atoms with van der Waals surface area (Å²) in [6, 6.07) is 0. The molecule has 5 N–H and O–H groups in total. The summed E-state index contributed by atoms with van der Waals surface area (Å²) >= 11 is 0. The van der Waals surface area contributed by atoms with E-state index in [1.54, 1.807) is 0 Å². The second kappa shape index (κ2) is 12.0. The first-order chi connectivity index (χ1) is 6.08. The molecule has 0 aliphatic heterocycles. The Bertz CT molecular complexity index is 155. The third-order valence-electron chi connectivity index (χ3n) is 0.503. The maximum atomic E-state index is 9.89. The number of hydrogen-bond acceptors (Lipinski definition) is 8. The van der Waals surface area contributed by atoms with E-state index in [9.17, 15) is 9.13 Å². The molecule has 0 fully saturated rings. The Morgan fingerprint density at radius 2 is 1.69 bits per heavy atom. The molecule has 2 atom stereocenters. The predicted molar refractivity (Wildman–Crippen MR) is 45.1 cm³/mol. The van der Waals surface area contributed by atoms with Crippen LogP contribution in [0.3, 0.4) is 0 Å². The third kappa shape index (κ3) is 18.7. The lowest BCUT2D eigenvalue weighted by Gasteiger charge is -1.73. The minimum absolute atomic E-state index is 0.0473. The van der Waals surface area contributed by atoms with Crippen LogP contribution in [0.15, 0.2) is 0 Å². The van der Waals surface area contributed by atoms with E-state index < -0.39 is 16.3 Å². The molecule has 0 aromatic heterocycles. The molecule has 78 valence electrons. The summed E-state index contributed by atoms with van der Waals surface area (Å²) in [5.41, 5.74) is 9.53. The van der Waals surface area contributed by atoms with Gasteiger partial charge in [0.15, 0.2) is 20.1 Å². The van der Waals surface area contributed by atoms with E-state index in [0.717, 1.165) is 0 Å². The zero-order valence-corrected chi connectivity index (χ0v) is 8.74. The molecule has 0 heterocycles. The number of nitrogens with two attached hydrogens (primary N) is 2. The average Bonchev–Trinajstić information content (AvgIpc) is 2.05. The van der Waals surface area contributed by atoms with Crippen molar-refractivity contribution >= 4 is 16.3 Å². The highest BCUT2D eigenvalue weighted by Crippen LogP contribution is 2.19. The topological polar surface area (TPSA) is 134 Å². The van der Waals surface area contributed by atoms with Crippen LogP contribution in [0.5, 0.6) is 0 Å². The average molecular weight is 234 g/mol. The molecule has 2 unspecified atom stereocenters. The van der Waals surface area contributed by atoms with Crippen molar-refractivity contribution in [2.75, 3.05) is 20.1 Å². The van der Waals surface area contributed by atoms with Crippen LogP contribution in [0.1, 0.15) is 0 Å². The molecular weight excluding hydrogens is 222 g/mol. The second-order valence-electron chi connectivity index (χ2n) is 1.34. The van der Waals surface area contributed by atoms with Crippen molar-refractivity contribution in [3.8, 4) is 0 Å². The molecule has 0 aliphatic rings. The van der Waals surface area contributed by atoms with E-state index >= 15 is 0 Å². The van der Waals surface area contributed by atoms with E-state index in [1.165, 1.54) is 6.66 Å². The summed E-state index contributed by atoms with van der Waals surface area (Å²) in [5.74, 6) is 0. The third-order valence-corrected chi connectivity index (χ3v) is 1.51. The van der Waals surface area contributed by atoms with E-state index in [-0.39, 0.29) is 13.5 Å². The SMILES string of the molecule is C[P+](=O)OCN.NCO[P+](=O)OO. The van der Waals surface area contributed by atoms with Gasteiger partial charge in [-0.1, -0.05) is 0 Å². The van der Waals surface area contributed by atoms with Crippen LogP contribution in [0.25, 0.3) is 0 Å². The summed E-state index contributed by atoms with van der Waals surface area (Å²) in [6.45, 7) is 1.28. The van der Waals surface area contributed by atoms with Crippen molar-refractivity contribution in [3.63, 3.8) is 0 Å². The first-order valence-corrected chi connectivity index (χ1v) is 5.66. The van der Waals surface area contributed by atoms with Gasteiger partial charge in [-0.3, -0.25) is 0 Å². The lowest BCUT2D eigenvalue weighted by Crippen LogP contribution is -1.98. The van der Waals surface area contributed by atoms with Gasteiger partial charge in [-0.05, 0) is 4.57 Å². The smallest absolute Gasteiger partial charge is 0.305 e. The van der Waals surface area contributed by atoms with Gasteiger partial charge in [0.05, 0.1) is 4.67 Å². The van der Waals surface area contributed by atoms with Crippen LogP contribution >= 0.6 is 16.3 Å². The largest absolute Gasteiger partial charge is 0.729 e. The van der Waals surface area contributed by atoms with Crippen LogP contribution in [-0.2, 0) is 22.9 Å². The van der Waals surface area contributed by atoms with Gasteiger partial charge in [0.2, 0.25) is 0 Å². The van der Waals surface area contributed by atoms with Crippen molar-refractivity contribution in [2.45, 2.75) is 0 Å². The fourth-order valence-electron chi connectivity index (χ4n) is 0.189. The van der Waals surface area contributed by atoms with Crippen LogP contribution in [0.2, 0.25) is 0 Å². The Morgan fingerprint density at radius 3 is 1.77 bits per heavy atom. The van der Waals surface area contributed by atoms with E-state index in [2.05, 4.69) is 13.7 Å². The first-order valence-electron chi connectivity index (χ1n) is 2.94. The first kappa shape index (κ1) is 15.4. The Morgan fingerprint density at radius 1 is 1.23 bits per heavy atom. The molecule has 0 aliphatic carbocycles. The quantitative estimate of drug-likeness (QED) is 0.268. The zero-order valence-electron chi connectivity index (χ0n) is 6.95. The molecule has 0 rings (SSSR count). The minimum Gasteiger partial charge on any atom is -0.305 e. The standard InChI is InChI=1S/C2H7NO2P.CH4NO4P/c1-6(4)5-2-3;2-1-5-7(4)6-3/h2-3H2,1H3;1-2H2/q+1;/p+1. The van der Waals surface area contributed by atoms with Gasteiger partial charge >= 0.3 is 16.3 Å². The van der Waals surface area contributed by atoms with Gasteiger partial charge in [0, 0.05) is 4.57 Å². The molecule has 0 aromatic rings. The number of rotatable bonds is 5. The monoisotopic (exact) mass is 234 g/mol. The van der Waals surface area contributed by atoms with Crippen molar-refractivity contribution in [1.29, 1.82) is 0 Å². The van der Waals surface area contributed by atoms with Crippen LogP contribution in [-0.4, -0.2) is 25.4 Å². The van der Waals surface area contributed by atoms with E-state index in [0.29, 0.717) is 0 Å². The zero-order chi connectivity index (χ0) is 10.7. The van der Waals surface area contributed by atoms with E-state index in [1.807, 2.05) is 0 Å². The Balaban J connectivity index is 0. The highest BCUT2D eigenvalue weighted by molar-refractivity contribution is 7.38. The molecule has 0 spiro atoms. The molecule has 0 aromatic carbocycles. The minimum atomic E-state index is -2.40. The maximum absolute atomic E-state index is 9.89. The molecule has 8 nitrogen and oxygen atoms in total. The van der Waals surface area contributed by atoms with Crippen LogP contribution < -0.4 is 11.5 Å². The molecule has 0 amide bonds. The fraction of sp³-hybridized carbons (Fsp3) is 1.00. The van der Waals surface area contributed by atoms with Gasteiger partial charge in [-0.2, -0.15) is 0 Å². The van der Waals surface area contributed by atoms with Gasteiger partial charge in [0.25, 0.3) is 0 Å². The van der Waals surface area contributed by atoms with Gasteiger partial charge < -0.3 is 11.5 Å². The Hall–Kier alpha value is -0.0400. The van der Waals surface area contributed by atoms with Crippen molar-refractivity contribution in [3.05, 3.63) is 0 Å². The van der Waals surface area contributed by atoms with E-state index in [4.69, 9.17) is 16.7 Å². The predicted octanol–water partition coefficient (Wildman–Crippen LogP) is 0.358. The molecule has 13 heavy (non-hydrogen) atoms. The van der Waals surface area contributed by atoms with Crippen LogP contribution in [0, 0.1) is 0 Å². The Kier molecular flexibility index (Phi) is 14.2. The molecule has 0 bridgehead atoms. The fourth-order valence-corrected chi connectivity index (χ4v) is 0.568. The van der Waals surface area contributed by atoms with Gasteiger partial charge in [0.1, 0.15) is 0 Å². The highest BCUT2D eigenvalue weighted by atomic mass is 31.1. The normalized spacial score (nSPS) is 11.4. The lowest BCUT2D eigenvalue weighted by molar-refractivity contribution is -0.141. The highest BCUT2D eigenvalue weighted by Gasteiger charge is 2.17. The molecule has 0 saturated carbocycles. The summed E-state index contributed by atoms with van der Waals surface area (Å²) in [4.78, 5) is 0. The summed E-state index contributed by atoms with van der Waals surface area (Å²) in [6.07, 6.45) is 0. The second-order valence-corrected chi connectivity index (χ2v) is 3.34. The molecule has 0 radical (unpaired) electrons. The van der Waals surface area contributed by atoms with Crippen molar-refractivity contribution in [1.82, 2.24) is 0 Å². The maximum Gasteiger partial charge on any atom is 0.729 e. The van der Waals surface area contributed by atoms with Crippen molar-refractivity contribution in [2.24, 2.45) is 11.5 Å². The van der Waals surface area contributed by atoms with Gasteiger partial charge in [-0.25, -0.2) is 5.26 Å². The van der Waals surface area contributed by atoms with Crippen LogP contribution in [0.4, 0.5) is 0 Å².